The molecule has 0 unspecified atom stereocenters. The van der Waals surface area contributed by atoms with Gasteiger partial charge in [-0.15, -0.1) is 16.4 Å². The SMILES string of the molecule is Cc1csc(COC(=O)c2ccc(-n3ccnn3)cc2)n1. The molecule has 0 amide bonds. The van der Waals surface area contributed by atoms with Crippen LogP contribution in [0.1, 0.15) is 21.1 Å². The van der Waals surface area contributed by atoms with E-state index < -0.39 is 0 Å². The second-order valence-electron chi connectivity index (χ2n) is 4.35. The third kappa shape index (κ3) is 3.14. The van der Waals surface area contributed by atoms with Crippen LogP contribution in [0.4, 0.5) is 0 Å². The maximum Gasteiger partial charge on any atom is 0.338 e. The van der Waals surface area contributed by atoms with Gasteiger partial charge in [-0.25, -0.2) is 14.5 Å². The van der Waals surface area contributed by atoms with Crippen LogP contribution in [0.25, 0.3) is 5.69 Å². The molecule has 0 radical (unpaired) electrons. The van der Waals surface area contributed by atoms with E-state index in [-0.39, 0.29) is 12.6 Å². The van der Waals surface area contributed by atoms with Crippen LogP contribution < -0.4 is 0 Å². The molecular weight excluding hydrogens is 288 g/mol. The number of ether oxygens (including phenoxy) is 1. The van der Waals surface area contributed by atoms with Gasteiger partial charge in [0.15, 0.2) is 0 Å². The van der Waals surface area contributed by atoms with Gasteiger partial charge in [0.05, 0.1) is 23.6 Å². The van der Waals surface area contributed by atoms with Crippen LogP contribution in [0.3, 0.4) is 0 Å². The molecule has 21 heavy (non-hydrogen) atoms. The molecule has 0 atom stereocenters. The van der Waals surface area contributed by atoms with Crippen molar-refractivity contribution in [2.24, 2.45) is 0 Å². The summed E-state index contributed by atoms with van der Waals surface area (Å²) in [5.74, 6) is -0.368. The van der Waals surface area contributed by atoms with Crippen LogP contribution >= 0.6 is 11.3 Å². The zero-order chi connectivity index (χ0) is 14.7. The van der Waals surface area contributed by atoms with Gasteiger partial charge in [-0.2, -0.15) is 0 Å². The van der Waals surface area contributed by atoms with E-state index in [1.54, 1.807) is 41.3 Å². The Morgan fingerprint density at radius 3 is 2.76 bits per heavy atom. The standard InChI is InChI=1S/C14H12N4O2S/c1-10-9-21-13(16-10)8-20-14(19)11-2-4-12(5-3-11)18-7-6-15-17-18/h2-7,9H,8H2,1H3. The number of aromatic nitrogens is 4. The zero-order valence-corrected chi connectivity index (χ0v) is 12.1. The van der Waals surface area contributed by atoms with Gasteiger partial charge in [-0.1, -0.05) is 5.21 Å². The van der Waals surface area contributed by atoms with Crippen LogP contribution in [0, 0.1) is 6.92 Å². The minimum Gasteiger partial charge on any atom is -0.455 e. The summed E-state index contributed by atoms with van der Waals surface area (Å²) in [7, 11) is 0. The van der Waals surface area contributed by atoms with Crippen molar-refractivity contribution in [1.29, 1.82) is 0 Å². The normalized spacial score (nSPS) is 10.5. The van der Waals surface area contributed by atoms with Crippen molar-refractivity contribution in [1.82, 2.24) is 20.0 Å². The molecule has 0 spiro atoms. The molecule has 0 aliphatic heterocycles. The highest BCUT2D eigenvalue weighted by atomic mass is 32.1. The zero-order valence-electron chi connectivity index (χ0n) is 11.3. The minimum atomic E-state index is -0.368. The molecular formula is C14H12N4O2S. The van der Waals surface area contributed by atoms with Gasteiger partial charge in [0.1, 0.15) is 11.6 Å². The molecule has 106 valence electrons. The summed E-state index contributed by atoms with van der Waals surface area (Å²) in [5.41, 5.74) is 2.26. The van der Waals surface area contributed by atoms with Gasteiger partial charge in [0.25, 0.3) is 0 Å². The summed E-state index contributed by atoms with van der Waals surface area (Å²) >= 11 is 1.48. The van der Waals surface area contributed by atoms with E-state index in [2.05, 4.69) is 15.3 Å². The molecule has 3 rings (SSSR count). The molecule has 0 bridgehead atoms. The van der Waals surface area contributed by atoms with Crippen molar-refractivity contribution >= 4 is 17.3 Å². The number of hydrogen-bond acceptors (Lipinski definition) is 6. The number of thiazole rings is 1. The molecule has 0 fully saturated rings. The predicted molar refractivity (Wildman–Crippen MR) is 77.3 cm³/mol. The quantitative estimate of drug-likeness (QED) is 0.692. The lowest BCUT2D eigenvalue weighted by molar-refractivity contribution is 0.0472. The maximum atomic E-state index is 11.9. The van der Waals surface area contributed by atoms with Crippen molar-refractivity contribution in [2.75, 3.05) is 0 Å². The number of rotatable bonds is 4. The highest BCUT2D eigenvalue weighted by Crippen LogP contribution is 2.13. The highest BCUT2D eigenvalue weighted by molar-refractivity contribution is 7.09. The number of carbonyl (C=O) groups is 1. The highest BCUT2D eigenvalue weighted by Gasteiger charge is 2.09. The molecule has 1 aromatic carbocycles. The van der Waals surface area contributed by atoms with Crippen LogP contribution in [0.5, 0.6) is 0 Å². The Morgan fingerprint density at radius 1 is 1.33 bits per heavy atom. The molecule has 0 aliphatic rings. The predicted octanol–water partition coefficient (Wildman–Crippen LogP) is 2.39. The number of aryl methyl sites for hydroxylation is 1. The smallest absolute Gasteiger partial charge is 0.338 e. The Morgan fingerprint density at radius 2 is 2.14 bits per heavy atom. The number of hydrogen-bond donors (Lipinski definition) is 0. The molecule has 3 aromatic rings. The summed E-state index contributed by atoms with van der Waals surface area (Å²) in [6.07, 6.45) is 3.33. The second kappa shape index (κ2) is 5.84. The first-order valence-electron chi connectivity index (χ1n) is 6.27. The molecule has 2 heterocycles. The average molecular weight is 300 g/mol. The van der Waals surface area contributed by atoms with E-state index in [1.165, 1.54) is 11.3 Å². The van der Waals surface area contributed by atoms with Crippen molar-refractivity contribution in [3.05, 3.63) is 58.3 Å². The van der Waals surface area contributed by atoms with E-state index >= 15 is 0 Å². The van der Waals surface area contributed by atoms with Crippen molar-refractivity contribution in [3.8, 4) is 5.69 Å². The van der Waals surface area contributed by atoms with Crippen molar-refractivity contribution < 1.29 is 9.53 Å². The molecule has 0 aliphatic carbocycles. The van der Waals surface area contributed by atoms with E-state index in [9.17, 15) is 4.79 Å². The lowest BCUT2D eigenvalue weighted by atomic mass is 10.2. The topological polar surface area (TPSA) is 69.9 Å². The number of nitrogens with zero attached hydrogens (tertiary/aromatic N) is 4. The van der Waals surface area contributed by atoms with Gasteiger partial charge in [0, 0.05) is 11.1 Å². The Kier molecular flexibility index (Phi) is 3.74. The average Bonchev–Trinajstić information content (AvgIpc) is 3.16. The minimum absolute atomic E-state index is 0.197. The molecule has 0 N–H and O–H groups in total. The summed E-state index contributed by atoms with van der Waals surface area (Å²) in [6.45, 7) is 2.10. The van der Waals surface area contributed by atoms with E-state index in [0.29, 0.717) is 5.56 Å². The third-order valence-electron chi connectivity index (χ3n) is 2.78. The molecule has 7 heteroatoms. The fourth-order valence-corrected chi connectivity index (χ4v) is 2.46. The van der Waals surface area contributed by atoms with Gasteiger partial charge < -0.3 is 4.74 Å². The Labute approximate surface area is 125 Å². The summed E-state index contributed by atoms with van der Waals surface area (Å²) in [5, 5.41) is 10.3. The fraction of sp³-hybridized carbons (Fsp3) is 0.143. The first-order chi connectivity index (χ1) is 10.2. The monoisotopic (exact) mass is 300 g/mol. The Hall–Kier alpha value is -2.54. The summed E-state index contributed by atoms with van der Waals surface area (Å²) in [4.78, 5) is 16.2. The molecule has 6 nitrogen and oxygen atoms in total. The lowest BCUT2D eigenvalue weighted by Crippen LogP contribution is -2.05. The summed E-state index contributed by atoms with van der Waals surface area (Å²) < 4.78 is 6.85. The van der Waals surface area contributed by atoms with Crippen LogP contribution in [-0.2, 0) is 11.3 Å². The van der Waals surface area contributed by atoms with Gasteiger partial charge in [-0.3, -0.25) is 0 Å². The van der Waals surface area contributed by atoms with Gasteiger partial charge in [-0.05, 0) is 31.2 Å². The fourth-order valence-electron chi connectivity index (χ4n) is 1.78. The van der Waals surface area contributed by atoms with E-state index in [1.807, 2.05) is 12.3 Å². The van der Waals surface area contributed by atoms with Gasteiger partial charge >= 0.3 is 5.97 Å². The Balaban J connectivity index is 1.65. The first kappa shape index (κ1) is 13.4. The van der Waals surface area contributed by atoms with E-state index in [4.69, 9.17) is 4.74 Å². The van der Waals surface area contributed by atoms with Crippen LogP contribution in [-0.4, -0.2) is 25.9 Å². The van der Waals surface area contributed by atoms with Crippen LogP contribution in [0.15, 0.2) is 42.0 Å². The second-order valence-corrected chi connectivity index (χ2v) is 5.30. The van der Waals surface area contributed by atoms with Crippen LogP contribution in [0.2, 0.25) is 0 Å². The molecule has 0 saturated heterocycles. The first-order valence-corrected chi connectivity index (χ1v) is 7.15. The van der Waals surface area contributed by atoms with Crippen molar-refractivity contribution in [2.45, 2.75) is 13.5 Å². The lowest BCUT2D eigenvalue weighted by Gasteiger charge is -2.04. The number of benzene rings is 1. The number of esters is 1. The van der Waals surface area contributed by atoms with Gasteiger partial charge in [0.2, 0.25) is 0 Å². The van der Waals surface area contributed by atoms with E-state index in [0.717, 1.165) is 16.4 Å². The van der Waals surface area contributed by atoms with Crippen molar-refractivity contribution in [3.63, 3.8) is 0 Å². The Bertz CT molecular complexity index is 735. The largest absolute Gasteiger partial charge is 0.455 e. The third-order valence-corrected chi connectivity index (χ3v) is 3.72. The number of carbonyl (C=O) groups excluding carboxylic acids is 1. The molecule has 0 saturated carbocycles. The maximum absolute atomic E-state index is 11.9. The molecule has 2 aromatic heterocycles. The summed E-state index contributed by atoms with van der Waals surface area (Å²) in [6, 6.07) is 6.98.